The minimum absolute atomic E-state index is 0.208. The number of nitrogens with one attached hydrogen (secondary N) is 3. The third-order valence-corrected chi connectivity index (χ3v) is 6.86. The van der Waals surface area contributed by atoms with Crippen LogP contribution in [0.15, 0.2) is 62.1 Å². The number of carbonyl (C=O) groups is 1. The van der Waals surface area contributed by atoms with Gasteiger partial charge in [-0.3, -0.25) is 15.6 Å². The first-order chi connectivity index (χ1) is 14.9. The van der Waals surface area contributed by atoms with Crippen LogP contribution in [0.4, 0.5) is 5.69 Å². The van der Waals surface area contributed by atoms with Gasteiger partial charge in [-0.2, -0.15) is 0 Å². The Morgan fingerprint density at radius 3 is 2.81 bits per heavy atom. The Hall–Kier alpha value is -2.95. The van der Waals surface area contributed by atoms with Crippen LogP contribution in [-0.2, 0) is 4.79 Å². The van der Waals surface area contributed by atoms with Gasteiger partial charge >= 0.3 is 5.63 Å². The maximum atomic E-state index is 12.4. The molecule has 158 valence electrons. The number of aromatic nitrogens is 1. The molecule has 7 nitrogen and oxygen atoms in total. The molecule has 0 bridgehead atoms. The van der Waals surface area contributed by atoms with Gasteiger partial charge in [0.15, 0.2) is 9.45 Å². The van der Waals surface area contributed by atoms with Crippen molar-refractivity contribution in [3.8, 4) is 0 Å². The van der Waals surface area contributed by atoms with Gasteiger partial charge in [-0.25, -0.2) is 9.78 Å². The van der Waals surface area contributed by atoms with Crippen LogP contribution in [0.2, 0.25) is 0 Å². The predicted molar refractivity (Wildman–Crippen MR) is 130 cm³/mol. The van der Waals surface area contributed by atoms with E-state index in [0.29, 0.717) is 11.3 Å². The molecule has 4 rings (SSSR count). The quantitative estimate of drug-likeness (QED) is 0.177. The van der Waals surface area contributed by atoms with Crippen molar-refractivity contribution in [1.82, 2.24) is 15.8 Å². The van der Waals surface area contributed by atoms with E-state index >= 15 is 0 Å². The number of rotatable bonds is 4. The van der Waals surface area contributed by atoms with Crippen LogP contribution in [0.1, 0.15) is 12.5 Å². The summed E-state index contributed by atoms with van der Waals surface area (Å²) in [7, 11) is 0. The van der Waals surface area contributed by atoms with Crippen LogP contribution in [0.3, 0.4) is 0 Å². The number of para-hydroxylation sites is 1. The highest BCUT2D eigenvalue weighted by molar-refractivity contribution is 8.02. The molecule has 0 unspecified atom stereocenters. The lowest BCUT2D eigenvalue weighted by Crippen LogP contribution is -2.46. The molecule has 0 aliphatic rings. The molecule has 1 atom stereocenters. The second-order valence-corrected chi connectivity index (χ2v) is 9.76. The fraction of sp³-hybridized carbons (Fsp3) is 0.143. The van der Waals surface area contributed by atoms with E-state index in [-0.39, 0.29) is 16.3 Å². The Labute approximate surface area is 191 Å². The summed E-state index contributed by atoms with van der Waals surface area (Å²) in [4.78, 5) is 28.5. The number of thioether (sulfide) groups is 1. The molecule has 0 saturated carbocycles. The molecule has 3 N–H and O–H groups in total. The number of aryl methyl sites for hydroxylation is 1. The fourth-order valence-corrected chi connectivity index (χ4v) is 5.27. The van der Waals surface area contributed by atoms with E-state index in [1.54, 1.807) is 24.3 Å². The first-order valence-corrected chi connectivity index (χ1v) is 11.4. The highest BCUT2D eigenvalue weighted by Crippen LogP contribution is 2.31. The number of hydrogen-bond acceptors (Lipinski definition) is 7. The summed E-state index contributed by atoms with van der Waals surface area (Å²) in [5.74, 6) is -0.228. The number of hydrogen-bond donors (Lipinski definition) is 3. The number of amides is 1. The number of carbonyl (C=O) groups excluding carboxylic acids is 1. The van der Waals surface area contributed by atoms with Crippen LogP contribution >= 0.6 is 35.3 Å². The Balaban J connectivity index is 1.33. The standard InChI is InChI=1S/C21H18N4O3S3/c1-11-9-18(26)28-16-10-13(7-8-14(11)16)22-20(29)25-24-19(27)12(2)30-21-23-15-5-3-4-6-17(15)31-21/h3-10,12H,1-2H3,(H,24,27)(H2,22,25,29)/t12-/m0/s1. The van der Waals surface area contributed by atoms with Gasteiger partial charge in [0.1, 0.15) is 5.58 Å². The monoisotopic (exact) mass is 470 g/mol. The highest BCUT2D eigenvalue weighted by atomic mass is 32.2. The molecule has 0 spiro atoms. The van der Waals surface area contributed by atoms with E-state index in [1.807, 2.05) is 43.3 Å². The predicted octanol–water partition coefficient (Wildman–Crippen LogP) is 4.21. The minimum Gasteiger partial charge on any atom is -0.423 e. The van der Waals surface area contributed by atoms with E-state index in [1.165, 1.54) is 17.8 Å². The van der Waals surface area contributed by atoms with Gasteiger partial charge in [0.25, 0.3) is 5.91 Å². The van der Waals surface area contributed by atoms with Gasteiger partial charge in [0.05, 0.1) is 15.5 Å². The van der Waals surface area contributed by atoms with Crippen molar-refractivity contribution in [3.05, 3.63) is 64.5 Å². The SMILES string of the molecule is Cc1cc(=O)oc2cc(NC(=S)NNC(=O)[C@H](C)Sc3nc4ccccc4s3)ccc12. The molecule has 31 heavy (non-hydrogen) atoms. The number of hydrazine groups is 1. The van der Waals surface area contributed by atoms with Crippen LogP contribution in [-0.4, -0.2) is 21.3 Å². The van der Waals surface area contributed by atoms with E-state index in [9.17, 15) is 9.59 Å². The molecular weight excluding hydrogens is 452 g/mol. The smallest absolute Gasteiger partial charge is 0.336 e. The third kappa shape index (κ3) is 5.04. The van der Waals surface area contributed by atoms with Crippen LogP contribution in [0, 0.1) is 6.92 Å². The summed E-state index contributed by atoms with van der Waals surface area (Å²) in [5.41, 5.74) is 7.74. The minimum atomic E-state index is -0.408. The lowest BCUT2D eigenvalue weighted by molar-refractivity contribution is -0.120. The van der Waals surface area contributed by atoms with Crippen molar-refractivity contribution in [3.63, 3.8) is 0 Å². The van der Waals surface area contributed by atoms with Crippen molar-refractivity contribution in [2.75, 3.05) is 5.32 Å². The number of thiazole rings is 1. The van der Waals surface area contributed by atoms with Crippen LogP contribution in [0.25, 0.3) is 21.2 Å². The highest BCUT2D eigenvalue weighted by Gasteiger charge is 2.17. The Kier molecular flexibility index (Phi) is 6.21. The maximum Gasteiger partial charge on any atom is 0.336 e. The number of anilines is 1. The van der Waals surface area contributed by atoms with Gasteiger partial charge in [-0.15, -0.1) is 11.3 Å². The molecule has 2 aromatic carbocycles. The number of fused-ring (bicyclic) bond motifs is 2. The molecule has 4 aromatic rings. The molecule has 2 heterocycles. The number of nitrogens with zero attached hydrogens (tertiary/aromatic N) is 1. The molecule has 0 aliphatic carbocycles. The summed E-state index contributed by atoms with van der Waals surface area (Å²) in [6.45, 7) is 3.65. The maximum absolute atomic E-state index is 12.4. The average molecular weight is 471 g/mol. The Morgan fingerprint density at radius 1 is 1.19 bits per heavy atom. The van der Waals surface area contributed by atoms with Crippen LogP contribution < -0.4 is 21.8 Å². The van der Waals surface area contributed by atoms with Crippen molar-refractivity contribution in [2.24, 2.45) is 0 Å². The van der Waals surface area contributed by atoms with Gasteiger partial charge < -0.3 is 9.73 Å². The zero-order valence-corrected chi connectivity index (χ0v) is 19.0. The summed E-state index contributed by atoms with van der Waals surface area (Å²) in [6.07, 6.45) is 0. The van der Waals surface area contributed by atoms with Gasteiger partial charge in [-0.05, 0) is 55.9 Å². The number of thiocarbonyl (C=S) groups is 1. The molecule has 0 aliphatic heterocycles. The van der Waals surface area contributed by atoms with Crippen molar-refractivity contribution >= 4 is 73.2 Å². The molecule has 10 heteroatoms. The Bertz CT molecular complexity index is 1320. The lowest BCUT2D eigenvalue weighted by Gasteiger charge is -2.14. The second-order valence-electron chi connectivity index (χ2n) is 6.74. The molecule has 1 amide bonds. The van der Waals surface area contributed by atoms with E-state index in [0.717, 1.165) is 25.5 Å². The van der Waals surface area contributed by atoms with Crippen molar-refractivity contribution in [1.29, 1.82) is 0 Å². The fourth-order valence-electron chi connectivity index (χ4n) is 2.89. The zero-order chi connectivity index (χ0) is 22.0. The largest absolute Gasteiger partial charge is 0.423 e. The summed E-state index contributed by atoms with van der Waals surface area (Å²) in [6, 6.07) is 14.7. The molecule has 0 fully saturated rings. The van der Waals surface area contributed by atoms with Gasteiger partial charge in [0, 0.05) is 23.2 Å². The van der Waals surface area contributed by atoms with Crippen molar-refractivity contribution < 1.29 is 9.21 Å². The van der Waals surface area contributed by atoms with Crippen LogP contribution in [0.5, 0.6) is 0 Å². The van der Waals surface area contributed by atoms with Gasteiger partial charge in [-0.1, -0.05) is 23.9 Å². The van der Waals surface area contributed by atoms with E-state index in [4.69, 9.17) is 16.6 Å². The normalized spacial score (nSPS) is 11.9. The first-order valence-electron chi connectivity index (χ1n) is 9.32. The molecular formula is C21H18N4O3S3. The van der Waals surface area contributed by atoms with E-state index < -0.39 is 5.63 Å². The molecule has 2 aromatic heterocycles. The van der Waals surface area contributed by atoms with E-state index in [2.05, 4.69) is 21.2 Å². The zero-order valence-electron chi connectivity index (χ0n) is 16.6. The molecule has 0 radical (unpaired) electrons. The summed E-state index contributed by atoms with van der Waals surface area (Å²) >= 11 is 8.18. The van der Waals surface area contributed by atoms with Crippen molar-refractivity contribution in [2.45, 2.75) is 23.4 Å². The summed E-state index contributed by atoms with van der Waals surface area (Å²) in [5, 5.41) is 3.65. The first kappa shape index (κ1) is 21.3. The average Bonchev–Trinajstić information content (AvgIpc) is 3.13. The summed E-state index contributed by atoms with van der Waals surface area (Å²) < 4.78 is 7.15. The Morgan fingerprint density at radius 2 is 2.00 bits per heavy atom. The van der Waals surface area contributed by atoms with Gasteiger partial charge in [0.2, 0.25) is 0 Å². The molecule has 0 saturated heterocycles. The topological polar surface area (TPSA) is 96.3 Å². The number of benzene rings is 2. The second kappa shape index (κ2) is 9.04. The third-order valence-electron chi connectivity index (χ3n) is 4.43. The lowest BCUT2D eigenvalue weighted by atomic mass is 10.1.